The van der Waals surface area contributed by atoms with E-state index < -0.39 is 0 Å². The number of aryl methyl sites for hydroxylation is 1. The molecule has 5 heteroatoms. The first-order valence-electron chi connectivity index (χ1n) is 7.29. The maximum atomic E-state index is 12.3. The van der Waals surface area contributed by atoms with Crippen LogP contribution in [0, 0.1) is 18.3 Å². The maximum Gasteiger partial charge on any atom is 0.246 e. The van der Waals surface area contributed by atoms with Crippen LogP contribution in [0.2, 0.25) is 0 Å². The number of nitrogens with one attached hydrogen (secondary N) is 2. The number of nitriles is 1. The Bertz CT molecular complexity index is 735. The van der Waals surface area contributed by atoms with E-state index in [2.05, 4.69) is 32.6 Å². The zero-order valence-electron chi connectivity index (χ0n) is 13.1. The summed E-state index contributed by atoms with van der Waals surface area (Å²) in [6.07, 6.45) is 0.387. The van der Waals surface area contributed by atoms with Crippen molar-refractivity contribution in [1.29, 1.82) is 5.26 Å². The van der Waals surface area contributed by atoms with E-state index >= 15 is 0 Å². The number of amides is 1. The molecule has 0 aromatic heterocycles. The third kappa shape index (κ3) is 4.83. The van der Waals surface area contributed by atoms with Gasteiger partial charge >= 0.3 is 0 Å². The lowest BCUT2D eigenvalue weighted by Crippen LogP contribution is -2.31. The van der Waals surface area contributed by atoms with Gasteiger partial charge in [-0.3, -0.25) is 4.79 Å². The summed E-state index contributed by atoms with van der Waals surface area (Å²) in [7, 11) is 0. The van der Waals surface area contributed by atoms with E-state index in [1.54, 1.807) is 6.92 Å². The Morgan fingerprint density at radius 1 is 1.26 bits per heavy atom. The molecular weight excluding hydrogens is 354 g/mol. The fraction of sp³-hybridized carbons (Fsp3) is 0.222. The van der Waals surface area contributed by atoms with Crippen LogP contribution in [0.25, 0.3) is 0 Å². The lowest BCUT2D eigenvalue weighted by atomic mass is 10.1. The molecule has 0 saturated heterocycles. The Hall–Kier alpha value is -2.32. The van der Waals surface area contributed by atoms with Gasteiger partial charge in [0.15, 0.2) is 0 Å². The minimum Gasteiger partial charge on any atom is -0.374 e. The summed E-state index contributed by atoms with van der Waals surface area (Å²) in [5.74, 6) is -0.115. The van der Waals surface area contributed by atoms with Crippen LogP contribution in [0.15, 0.2) is 46.9 Å². The van der Waals surface area contributed by atoms with Crippen molar-refractivity contribution in [3.63, 3.8) is 0 Å². The summed E-state index contributed by atoms with van der Waals surface area (Å²) in [6.45, 7) is 3.80. The Morgan fingerprint density at radius 3 is 2.57 bits per heavy atom. The van der Waals surface area contributed by atoms with Gasteiger partial charge in [0.2, 0.25) is 5.91 Å². The zero-order valence-corrected chi connectivity index (χ0v) is 14.6. The molecule has 0 radical (unpaired) electrons. The van der Waals surface area contributed by atoms with Crippen molar-refractivity contribution in [1.82, 2.24) is 0 Å². The Labute approximate surface area is 144 Å². The molecule has 2 rings (SSSR count). The van der Waals surface area contributed by atoms with Gasteiger partial charge in [0.25, 0.3) is 0 Å². The van der Waals surface area contributed by atoms with Gasteiger partial charge in [0.05, 0.1) is 18.2 Å². The van der Waals surface area contributed by atoms with E-state index in [0.29, 0.717) is 6.42 Å². The first-order chi connectivity index (χ1) is 11.0. The molecule has 0 bridgehead atoms. The second-order valence-corrected chi connectivity index (χ2v) is 6.22. The molecule has 2 aromatic carbocycles. The number of halogens is 1. The summed E-state index contributed by atoms with van der Waals surface area (Å²) < 4.78 is 0.860. The standard InChI is InChI=1S/C18H18BrN3O/c1-12-3-8-17(16(19)11-12)22-18(23)13(2)21-15-6-4-14(5-7-15)9-10-20/h3-8,11,13,21H,9H2,1-2H3,(H,22,23). The van der Waals surface area contributed by atoms with Crippen LogP contribution in [0.1, 0.15) is 18.1 Å². The lowest BCUT2D eigenvalue weighted by molar-refractivity contribution is -0.116. The van der Waals surface area contributed by atoms with Crippen molar-refractivity contribution in [3.8, 4) is 6.07 Å². The lowest BCUT2D eigenvalue weighted by Gasteiger charge is -2.16. The Kier molecular flexibility index (Phi) is 5.78. The Balaban J connectivity index is 1.98. The summed E-state index contributed by atoms with van der Waals surface area (Å²) in [6, 6.07) is 15.0. The van der Waals surface area contributed by atoms with E-state index in [-0.39, 0.29) is 11.9 Å². The highest BCUT2D eigenvalue weighted by Gasteiger charge is 2.14. The highest BCUT2D eigenvalue weighted by atomic mass is 79.9. The number of rotatable bonds is 5. The van der Waals surface area contributed by atoms with Gasteiger partial charge in [0, 0.05) is 10.2 Å². The van der Waals surface area contributed by atoms with E-state index in [1.807, 2.05) is 49.4 Å². The van der Waals surface area contributed by atoms with Crippen LogP contribution in [-0.2, 0) is 11.2 Å². The SMILES string of the molecule is Cc1ccc(NC(=O)C(C)Nc2ccc(CC#N)cc2)c(Br)c1. The van der Waals surface area contributed by atoms with Gasteiger partial charge in [-0.15, -0.1) is 0 Å². The number of benzene rings is 2. The van der Waals surface area contributed by atoms with Crippen molar-refractivity contribution in [2.24, 2.45) is 0 Å². The molecule has 2 aromatic rings. The first-order valence-corrected chi connectivity index (χ1v) is 8.08. The molecule has 0 fully saturated rings. The zero-order chi connectivity index (χ0) is 16.8. The van der Waals surface area contributed by atoms with Crippen LogP contribution in [0.4, 0.5) is 11.4 Å². The third-order valence-corrected chi connectivity index (χ3v) is 4.05. The molecule has 4 nitrogen and oxygen atoms in total. The number of hydrogen-bond acceptors (Lipinski definition) is 3. The molecule has 1 unspecified atom stereocenters. The minimum atomic E-state index is -0.384. The highest BCUT2D eigenvalue weighted by molar-refractivity contribution is 9.10. The van der Waals surface area contributed by atoms with Crippen molar-refractivity contribution in [2.75, 3.05) is 10.6 Å². The summed E-state index contributed by atoms with van der Waals surface area (Å²) in [5.41, 5.74) is 3.67. The molecular formula is C18H18BrN3O. The fourth-order valence-corrected chi connectivity index (χ4v) is 2.68. The van der Waals surface area contributed by atoms with Gasteiger partial charge in [-0.1, -0.05) is 18.2 Å². The molecule has 2 N–H and O–H groups in total. The molecule has 23 heavy (non-hydrogen) atoms. The van der Waals surface area contributed by atoms with E-state index in [9.17, 15) is 4.79 Å². The van der Waals surface area contributed by atoms with Crippen LogP contribution < -0.4 is 10.6 Å². The number of anilines is 2. The average molecular weight is 372 g/mol. The Morgan fingerprint density at radius 2 is 1.96 bits per heavy atom. The molecule has 118 valence electrons. The largest absolute Gasteiger partial charge is 0.374 e. The van der Waals surface area contributed by atoms with E-state index in [0.717, 1.165) is 27.0 Å². The molecule has 0 aliphatic carbocycles. The fourth-order valence-electron chi connectivity index (χ4n) is 2.09. The van der Waals surface area contributed by atoms with Crippen molar-refractivity contribution in [3.05, 3.63) is 58.1 Å². The van der Waals surface area contributed by atoms with Gasteiger partial charge in [-0.05, 0) is 65.2 Å². The normalized spacial score (nSPS) is 11.4. The average Bonchev–Trinajstić information content (AvgIpc) is 2.52. The molecule has 0 saturated carbocycles. The monoisotopic (exact) mass is 371 g/mol. The number of hydrogen-bond donors (Lipinski definition) is 2. The van der Waals surface area contributed by atoms with Gasteiger partial charge in [-0.25, -0.2) is 0 Å². The maximum absolute atomic E-state index is 12.3. The smallest absolute Gasteiger partial charge is 0.246 e. The van der Waals surface area contributed by atoms with Crippen molar-refractivity contribution >= 4 is 33.2 Å². The van der Waals surface area contributed by atoms with Crippen LogP contribution >= 0.6 is 15.9 Å². The summed E-state index contributed by atoms with van der Waals surface area (Å²) in [4.78, 5) is 12.3. The number of carbonyl (C=O) groups excluding carboxylic acids is 1. The quantitative estimate of drug-likeness (QED) is 0.824. The second kappa shape index (κ2) is 7.80. The molecule has 1 atom stereocenters. The minimum absolute atomic E-state index is 0.115. The predicted molar refractivity (Wildman–Crippen MR) is 96.4 cm³/mol. The number of carbonyl (C=O) groups is 1. The molecule has 1 amide bonds. The van der Waals surface area contributed by atoms with Crippen LogP contribution in [0.5, 0.6) is 0 Å². The van der Waals surface area contributed by atoms with Crippen molar-refractivity contribution < 1.29 is 4.79 Å². The van der Waals surface area contributed by atoms with Crippen molar-refractivity contribution in [2.45, 2.75) is 26.3 Å². The number of nitrogens with zero attached hydrogens (tertiary/aromatic N) is 1. The second-order valence-electron chi connectivity index (χ2n) is 5.37. The van der Waals surface area contributed by atoms with Gasteiger partial charge in [0.1, 0.15) is 6.04 Å². The molecule has 0 spiro atoms. The third-order valence-electron chi connectivity index (χ3n) is 3.40. The molecule has 0 heterocycles. The first kappa shape index (κ1) is 17.0. The molecule has 0 aliphatic heterocycles. The summed E-state index contributed by atoms with van der Waals surface area (Å²) >= 11 is 3.45. The summed E-state index contributed by atoms with van der Waals surface area (Å²) in [5, 5.41) is 14.7. The van der Waals surface area contributed by atoms with Crippen LogP contribution in [0.3, 0.4) is 0 Å². The van der Waals surface area contributed by atoms with E-state index in [1.165, 1.54) is 0 Å². The molecule has 0 aliphatic rings. The van der Waals surface area contributed by atoms with Gasteiger partial charge < -0.3 is 10.6 Å². The topological polar surface area (TPSA) is 64.9 Å². The predicted octanol–water partition coefficient (Wildman–Crippen LogP) is 4.26. The van der Waals surface area contributed by atoms with E-state index in [4.69, 9.17) is 5.26 Å². The van der Waals surface area contributed by atoms with Gasteiger partial charge in [-0.2, -0.15) is 5.26 Å². The van der Waals surface area contributed by atoms with Crippen LogP contribution in [-0.4, -0.2) is 11.9 Å². The highest BCUT2D eigenvalue weighted by Crippen LogP contribution is 2.23.